The van der Waals surface area contributed by atoms with E-state index in [1.165, 1.54) is 6.07 Å². The van der Waals surface area contributed by atoms with E-state index in [1.54, 1.807) is 23.1 Å². The van der Waals surface area contributed by atoms with Crippen molar-refractivity contribution in [3.63, 3.8) is 0 Å². The van der Waals surface area contributed by atoms with E-state index in [1.807, 2.05) is 24.3 Å². The number of rotatable bonds is 2. The van der Waals surface area contributed by atoms with Gasteiger partial charge in [-0.05, 0) is 30.0 Å². The number of carbonyl (C=O) groups excluding carboxylic acids is 1. The van der Waals surface area contributed by atoms with Crippen molar-refractivity contribution < 1.29 is 13.9 Å². The third-order valence-corrected chi connectivity index (χ3v) is 5.16. The molecule has 0 bridgehead atoms. The highest BCUT2D eigenvalue weighted by atomic mass is 35.5. The Balaban J connectivity index is 0.00000196. The number of nitrogens with two attached hydrogens (primary N) is 1. The van der Waals surface area contributed by atoms with Crippen molar-refractivity contribution in [2.24, 2.45) is 5.73 Å². The minimum Gasteiger partial charge on any atom is -0.370 e. The highest BCUT2D eigenvalue weighted by Crippen LogP contribution is 2.32. The summed E-state index contributed by atoms with van der Waals surface area (Å²) in [7, 11) is 0. The minimum absolute atomic E-state index is 0. The van der Waals surface area contributed by atoms with E-state index in [2.05, 4.69) is 0 Å². The van der Waals surface area contributed by atoms with Gasteiger partial charge in [-0.25, -0.2) is 4.39 Å². The van der Waals surface area contributed by atoms with Gasteiger partial charge in [0.1, 0.15) is 17.5 Å². The Labute approximate surface area is 158 Å². The lowest BCUT2D eigenvalue weighted by Gasteiger charge is -2.37. The van der Waals surface area contributed by atoms with E-state index in [0.29, 0.717) is 38.1 Å². The van der Waals surface area contributed by atoms with Crippen LogP contribution in [-0.4, -0.2) is 36.0 Å². The number of fused-ring (bicyclic) bond motifs is 1. The van der Waals surface area contributed by atoms with Crippen molar-refractivity contribution in [2.75, 3.05) is 19.7 Å². The number of halogens is 2. The quantitative estimate of drug-likeness (QED) is 0.876. The maximum absolute atomic E-state index is 14.0. The average molecular weight is 377 g/mol. The molecule has 1 atom stereocenters. The fourth-order valence-electron chi connectivity index (χ4n) is 3.87. The van der Waals surface area contributed by atoms with Gasteiger partial charge in [-0.15, -0.1) is 12.4 Å². The maximum atomic E-state index is 14.0. The Bertz CT molecular complexity index is 789. The number of carbonyl (C=O) groups is 1. The molecule has 2 aromatic rings. The zero-order chi connectivity index (χ0) is 17.4. The number of benzene rings is 2. The Kier molecular flexibility index (Phi) is 5.32. The lowest BCUT2D eigenvalue weighted by molar-refractivity contribution is -0.144. The Morgan fingerprint density at radius 2 is 1.73 bits per heavy atom. The maximum Gasteiger partial charge on any atom is 0.243 e. The molecule has 0 radical (unpaired) electrons. The van der Waals surface area contributed by atoms with Crippen LogP contribution in [0.3, 0.4) is 0 Å². The molecule has 1 aliphatic heterocycles. The van der Waals surface area contributed by atoms with Crippen LogP contribution in [0.2, 0.25) is 0 Å². The number of morpholine rings is 1. The van der Waals surface area contributed by atoms with Gasteiger partial charge >= 0.3 is 0 Å². The van der Waals surface area contributed by atoms with Crippen molar-refractivity contribution >= 4 is 18.3 Å². The molecule has 1 aliphatic carbocycles. The first-order chi connectivity index (χ1) is 12.1. The summed E-state index contributed by atoms with van der Waals surface area (Å²) in [5.41, 5.74) is 8.34. The highest BCUT2D eigenvalue weighted by Gasteiger charge is 2.43. The zero-order valence-corrected chi connectivity index (χ0v) is 15.2. The number of hydrogen-bond acceptors (Lipinski definition) is 3. The molecule has 4 rings (SSSR count). The fourth-order valence-corrected chi connectivity index (χ4v) is 3.87. The molecule has 6 heteroatoms. The van der Waals surface area contributed by atoms with Crippen LogP contribution in [-0.2, 0) is 22.4 Å². The summed E-state index contributed by atoms with van der Waals surface area (Å²) >= 11 is 0. The molecule has 0 spiro atoms. The predicted molar refractivity (Wildman–Crippen MR) is 99.7 cm³/mol. The molecule has 0 saturated carbocycles. The number of ether oxygens (including phenoxy) is 1. The van der Waals surface area contributed by atoms with Gasteiger partial charge in [-0.3, -0.25) is 4.79 Å². The van der Waals surface area contributed by atoms with Gasteiger partial charge in [0.2, 0.25) is 5.91 Å². The minimum atomic E-state index is -0.916. The van der Waals surface area contributed by atoms with Crippen LogP contribution < -0.4 is 5.73 Å². The Morgan fingerprint density at radius 3 is 2.38 bits per heavy atom. The van der Waals surface area contributed by atoms with Gasteiger partial charge in [0.05, 0.1) is 13.2 Å². The molecule has 1 saturated heterocycles. The van der Waals surface area contributed by atoms with E-state index in [0.717, 1.165) is 11.1 Å². The number of hydrogen-bond donors (Lipinski definition) is 1. The largest absolute Gasteiger partial charge is 0.370 e. The summed E-state index contributed by atoms with van der Waals surface area (Å²) in [5.74, 6) is -0.383. The smallest absolute Gasteiger partial charge is 0.243 e. The van der Waals surface area contributed by atoms with E-state index in [4.69, 9.17) is 10.5 Å². The van der Waals surface area contributed by atoms with Gasteiger partial charge in [0, 0.05) is 12.1 Å². The molecule has 26 heavy (non-hydrogen) atoms. The van der Waals surface area contributed by atoms with E-state index >= 15 is 0 Å². The molecule has 1 heterocycles. The van der Waals surface area contributed by atoms with Gasteiger partial charge in [0.15, 0.2) is 0 Å². The molecule has 2 aliphatic rings. The lowest BCUT2D eigenvalue weighted by Crippen LogP contribution is -2.58. The second-order valence-electron chi connectivity index (χ2n) is 6.91. The van der Waals surface area contributed by atoms with E-state index in [9.17, 15) is 9.18 Å². The van der Waals surface area contributed by atoms with Crippen molar-refractivity contribution in [3.8, 4) is 0 Å². The first-order valence-electron chi connectivity index (χ1n) is 8.58. The fraction of sp³-hybridized carbons (Fsp3) is 0.350. The van der Waals surface area contributed by atoms with Crippen LogP contribution in [0.4, 0.5) is 4.39 Å². The topological polar surface area (TPSA) is 55.6 Å². The van der Waals surface area contributed by atoms with Crippen LogP contribution in [0.15, 0.2) is 48.5 Å². The van der Waals surface area contributed by atoms with E-state index < -0.39 is 11.6 Å². The van der Waals surface area contributed by atoms with Gasteiger partial charge in [-0.2, -0.15) is 0 Å². The molecule has 2 aromatic carbocycles. The standard InChI is InChI=1S/C20H21FN2O2.ClH/c21-17-8-4-3-7-16(17)18-13-23(9-10-25-18)19(24)20(22)11-14-5-1-2-6-15(14)12-20;/h1-8,18H,9-13,22H2;1H. The average Bonchev–Trinajstić information content (AvgIpc) is 2.99. The molecule has 1 fully saturated rings. The summed E-state index contributed by atoms with van der Waals surface area (Å²) in [6, 6.07) is 14.5. The first kappa shape index (κ1) is 18.8. The molecule has 2 N–H and O–H groups in total. The molecule has 138 valence electrons. The summed E-state index contributed by atoms with van der Waals surface area (Å²) in [4.78, 5) is 14.8. The lowest BCUT2D eigenvalue weighted by atomic mass is 9.94. The zero-order valence-electron chi connectivity index (χ0n) is 14.4. The summed E-state index contributed by atoms with van der Waals surface area (Å²) in [5, 5.41) is 0. The van der Waals surface area contributed by atoms with Gasteiger partial charge in [-0.1, -0.05) is 42.5 Å². The van der Waals surface area contributed by atoms with Crippen LogP contribution in [0.25, 0.3) is 0 Å². The highest BCUT2D eigenvalue weighted by molar-refractivity contribution is 5.88. The molecular weight excluding hydrogens is 355 g/mol. The first-order valence-corrected chi connectivity index (χ1v) is 8.58. The molecular formula is C20H22ClFN2O2. The van der Waals surface area contributed by atoms with Crippen LogP contribution in [0.5, 0.6) is 0 Å². The van der Waals surface area contributed by atoms with E-state index in [-0.39, 0.29) is 24.1 Å². The summed E-state index contributed by atoms with van der Waals surface area (Å²) in [6.45, 7) is 1.20. The third-order valence-electron chi connectivity index (χ3n) is 5.16. The van der Waals surface area contributed by atoms with Crippen molar-refractivity contribution in [1.29, 1.82) is 0 Å². The molecule has 0 aromatic heterocycles. The van der Waals surface area contributed by atoms with Gasteiger partial charge < -0.3 is 15.4 Å². The van der Waals surface area contributed by atoms with Gasteiger partial charge in [0.25, 0.3) is 0 Å². The number of amides is 1. The van der Waals surface area contributed by atoms with Crippen LogP contribution in [0, 0.1) is 5.82 Å². The second-order valence-corrected chi connectivity index (χ2v) is 6.91. The predicted octanol–water partition coefficient (Wildman–Crippen LogP) is 2.64. The Hall–Kier alpha value is -1.95. The third kappa shape index (κ3) is 3.34. The second kappa shape index (κ2) is 7.35. The molecule has 4 nitrogen and oxygen atoms in total. The van der Waals surface area contributed by atoms with Crippen LogP contribution in [0.1, 0.15) is 22.8 Å². The van der Waals surface area contributed by atoms with Crippen molar-refractivity contribution in [2.45, 2.75) is 24.5 Å². The summed E-state index contributed by atoms with van der Waals surface area (Å²) < 4.78 is 19.8. The number of nitrogens with zero attached hydrogens (tertiary/aromatic N) is 1. The monoisotopic (exact) mass is 376 g/mol. The SMILES string of the molecule is Cl.NC1(C(=O)N2CCOC(c3ccccc3F)C2)Cc2ccccc2C1. The summed E-state index contributed by atoms with van der Waals surface area (Å²) in [6.07, 6.45) is 0.638. The van der Waals surface area contributed by atoms with Crippen molar-refractivity contribution in [1.82, 2.24) is 4.90 Å². The molecule has 1 unspecified atom stereocenters. The normalized spacial score (nSPS) is 21.0. The van der Waals surface area contributed by atoms with Crippen LogP contribution >= 0.6 is 12.4 Å². The molecule has 1 amide bonds. The van der Waals surface area contributed by atoms with Crippen molar-refractivity contribution in [3.05, 3.63) is 71.0 Å². The Morgan fingerprint density at radius 1 is 1.12 bits per heavy atom.